The van der Waals surface area contributed by atoms with E-state index in [0.29, 0.717) is 29.7 Å². The average molecular weight is 423 g/mol. The normalized spacial score (nSPS) is 15.3. The van der Waals surface area contributed by atoms with Crippen LogP contribution in [-0.2, 0) is 17.9 Å². The van der Waals surface area contributed by atoms with Gasteiger partial charge < -0.3 is 14.4 Å². The molecule has 0 spiro atoms. The molecular weight excluding hydrogens is 400 g/mol. The maximum atomic E-state index is 13.2. The molecule has 1 aliphatic heterocycles. The number of benzene rings is 2. The predicted octanol–water partition coefficient (Wildman–Crippen LogP) is 5.25. The molecule has 0 bridgehead atoms. The lowest BCUT2D eigenvalue weighted by molar-refractivity contribution is -0.139. The van der Waals surface area contributed by atoms with Crippen molar-refractivity contribution in [3.63, 3.8) is 0 Å². The molecule has 0 atom stereocenters. The van der Waals surface area contributed by atoms with Crippen LogP contribution in [0.1, 0.15) is 36.0 Å². The minimum Gasteiger partial charge on any atom is -0.454 e. The van der Waals surface area contributed by atoms with E-state index in [1.807, 2.05) is 23.1 Å². The van der Waals surface area contributed by atoms with Crippen LogP contribution in [0, 0.1) is 12.8 Å². The molecule has 1 saturated carbocycles. The van der Waals surface area contributed by atoms with E-state index < -0.39 is 0 Å². The number of carbonyl (C=O) groups is 1. The number of aryl methyl sites for hydroxylation is 1. The summed E-state index contributed by atoms with van der Waals surface area (Å²) in [4.78, 5) is 19.6. The standard InChI is InChI=1S/C24H23ClN2O3/c1-15-5-7-16(8-6-15)12-27(24(28)17-3-2-4-17)13-19-9-18-10-21-22(30-14-29-21)11-20(18)26-23(19)25/h5-11,17H,2-4,12-14H2,1H3. The average Bonchev–Trinajstić information content (AvgIpc) is 3.13. The number of hydrogen-bond donors (Lipinski definition) is 0. The number of nitrogens with zero attached hydrogens (tertiary/aromatic N) is 2. The minimum atomic E-state index is 0.122. The fourth-order valence-corrected chi connectivity index (χ4v) is 4.15. The zero-order valence-electron chi connectivity index (χ0n) is 16.9. The van der Waals surface area contributed by atoms with Crippen molar-refractivity contribution in [3.05, 3.63) is 64.3 Å². The molecule has 2 heterocycles. The third kappa shape index (κ3) is 3.70. The van der Waals surface area contributed by atoms with Crippen LogP contribution in [0.3, 0.4) is 0 Å². The number of carbonyl (C=O) groups excluding carboxylic acids is 1. The molecular formula is C24H23ClN2O3. The molecule has 2 aliphatic rings. The van der Waals surface area contributed by atoms with E-state index in [-0.39, 0.29) is 18.6 Å². The van der Waals surface area contributed by atoms with Crippen molar-refractivity contribution in [3.8, 4) is 11.5 Å². The van der Waals surface area contributed by atoms with Crippen molar-refractivity contribution in [2.75, 3.05) is 6.79 Å². The smallest absolute Gasteiger partial charge is 0.231 e. The van der Waals surface area contributed by atoms with Gasteiger partial charge in [0.1, 0.15) is 5.15 Å². The van der Waals surface area contributed by atoms with Crippen LogP contribution in [0.15, 0.2) is 42.5 Å². The summed E-state index contributed by atoms with van der Waals surface area (Å²) in [6.07, 6.45) is 3.06. The van der Waals surface area contributed by atoms with E-state index in [9.17, 15) is 4.79 Å². The van der Waals surface area contributed by atoms with Gasteiger partial charge in [0.25, 0.3) is 0 Å². The van der Waals surface area contributed by atoms with Gasteiger partial charge in [-0.2, -0.15) is 0 Å². The molecule has 0 N–H and O–H groups in total. The van der Waals surface area contributed by atoms with Gasteiger partial charge >= 0.3 is 0 Å². The summed E-state index contributed by atoms with van der Waals surface area (Å²) < 4.78 is 10.9. The molecule has 1 amide bonds. The third-order valence-corrected chi connectivity index (χ3v) is 6.28. The largest absolute Gasteiger partial charge is 0.454 e. The highest BCUT2D eigenvalue weighted by molar-refractivity contribution is 6.30. The Labute approximate surface area is 180 Å². The topological polar surface area (TPSA) is 51.7 Å². The van der Waals surface area contributed by atoms with Crippen LogP contribution in [0.4, 0.5) is 0 Å². The summed E-state index contributed by atoms with van der Waals surface area (Å²) >= 11 is 6.53. The summed E-state index contributed by atoms with van der Waals surface area (Å²) in [5.74, 6) is 1.71. The maximum absolute atomic E-state index is 13.2. The maximum Gasteiger partial charge on any atom is 0.231 e. The first-order valence-corrected chi connectivity index (χ1v) is 10.7. The number of aromatic nitrogens is 1. The van der Waals surface area contributed by atoms with Crippen LogP contribution < -0.4 is 9.47 Å². The molecule has 6 heteroatoms. The van der Waals surface area contributed by atoms with Crippen molar-refractivity contribution >= 4 is 28.4 Å². The monoisotopic (exact) mass is 422 g/mol. The number of pyridine rings is 1. The van der Waals surface area contributed by atoms with Gasteiger partial charge in [-0.15, -0.1) is 0 Å². The van der Waals surface area contributed by atoms with Gasteiger partial charge in [-0.1, -0.05) is 47.9 Å². The van der Waals surface area contributed by atoms with E-state index in [2.05, 4.69) is 36.2 Å². The molecule has 154 valence electrons. The quantitative estimate of drug-likeness (QED) is 0.526. The van der Waals surface area contributed by atoms with Crippen molar-refractivity contribution in [2.24, 2.45) is 5.92 Å². The second-order valence-electron chi connectivity index (χ2n) is 8.14. The molecule has 0 saturated heterocycles. The van der Waals surface area contributed by atoms with Crippen molar-refractivity contribution in [1.29, 1.82) is 0 Å². The number of fused-ring (bicyclic) bond motifs is 2. The Morgan fingerprint density at radius 2 is 1.83 bits per heavy atom. The minimum absolute atomic E-state index is 0.122. The van der Waals surface area contributed by atoms with Crippen molar-refractivity contribution < 1.29 is 14.3 Å². The number of ether oxygens (including phenoxy) is 2. The number of hydrogen-bond acceptors (Lipinski definition) is 4. The molecule has 30 heavy (non-hydrogen) atoms. The Morgan fingerprint density at radius 1 is 1.10 bits per heavy atom. The van der Waals surface area contributed by atoms with E-state index in [1.54, 1.807) is 0 Å². The summed E-state index contributed by atoms with van der Waals surface area (Å²) in [6.45, 7) is 3.27. The van der Waals surface area contributed by atoms with Crippen LogP contribution in [0.2, 0.25) is 5.15 Å². The van der Waals surface area contributed by atoms with Crippen molar-refractivity contribution in [1.82, 2.24) is 9.88 Å². The zero-order chi connectivity index (χ0) is 20.7. The lowest BCUT2D eigenvalue weighted by Gasteiger charge is -2.32. The molecule has 0 unspecified atom stereocenters. The van der Waals surface area contributed by atoms with Crippen molar-refractivity contribution in [2.45, 2.75) is 39.3 Å². The second-order valence-corrected chi connectivity index (χ2v) is 8.50. The van der Waals surface area contributed by atoms with Gasteiger partial charge in [-0.25, -0.2) is 4.98 Å². The van der Waals surface area contributed by atoms with Gasteiger partial charge in [0.15, 0.2) is 11.5 Å². The van der Waals surface area contributed by atoms with Gasteiger partial charge in [-0.05, 0) is 37.5 Å². The Bertz CT molecular complexity index is 1110. The van der Waals surface area contributed by atoms with Crippen LogP contribution in [-0.4, -0.2) is 22.6 Å². The summed E-state index contributed by atoms with van der Waals surface area (Å²) in [5, 5.41) is 1.33. The van der Waals surface area contributed by atoms with E-state index >= 15 is 0 Å². The molecule has 5 nitrogen and oxygen atoms in total. The first-order chi connectivity index (χ1) is 14.6. The highest BCUT2D eigenvalue weighted by Crippen LogP contribution is 2.37. The first kappa shape index (κ1) is 19.2. The Balaban J connectivity index is 1.46. The van der Waals surface area contributed by atoms with Crippen LogP contribution >= 0.6 is 11.6 Å². The SMILES string of the molecule is Cc1ccc(CN(Cc2cc3cc4c(cc3nc2Cl)OCO4)C(=O)C2CCC2)cc1. The summed E-state index contributed by atoms with van der Waals surface area (Å²) in [7, 11) is 0. The molecule has 5 rings (SSSR count). The fourth-order valence-electron chi connectivity index (χ4n) is 3.94. The highest BCUT2D eigenvalue weighted by Gasteiger charge is 2.30. The van der Waals surface area contributed by atoms with E-state index in [1.165, 1.54) is 5.56 Å². The second kappa shape index (κ2) is 7.80. The Hall–Kier alpha value is -2.79. The Kier molecular flexibility index (Phi) is 4.99. The van der Waals surface area contributed by atoms with Gasteiger partial charge in [0.2, 0.25) is 12.7 Å². The molecule has 1 fully saturated rings. The first-order valence-electron chi connectivity index (χ1n) is 10.3. The summed E-state index contributed by atoms with van der Waals surface area (Å²) in [5.41, 5.74) is 3.91. The highest BCUT2D eigenvalue weighted by atomic mass is 35.5. The number of amides is 1. The van der Waals surface area contributed by atoms with Gasteiger partial charge in [0, 0.05) is 36.0 Å². The molecule has 1 aliphatic carbocycles. The van der Waals surface area contributed by atoms with E-state index in [0.717, 1.165) is 41.3 Å². The lowest BCUT2D eigenvalue weighted by atomic mass is 9.84. The van der Waals surface area contributed by atoms with E-state index in [4.69, 9.17) is 21.1 Å². The van der Waals surface area contributed by atoms with Crippen LogP contribution in [0.5, 0.6) is 11.5 Å². The zero-order valence-corrected chi connectivity index (χ0v) is 17.6. The Morgan fingerprint density at radius 3 is 2.53 bits per heavy atom. The summed E-state index contributed by atoms with van der Waals surface area (Å²) in [6, 6.07) is 14.1. The number of halogens is 1. The fraction of sp³-hybridized carbons (Fsp3) is 0.333. The molecule has 1 aromatic heterocycles. The van der Waals surface area contributed by atoms with Crippen LogP contribution in [0.25, 0.3) is 10.9 Å². The molecule has 0 radical (unpaired) electrons. The van der Waals surface area contributed by atoms with Gasteiger partial charge in [-0.3, -0.25) is 4.79 Å². The molecule has 3 aromatic rings. The van der Waals surface area contributed by atoms with Gasteiger partial charge in [0.05, 0.1) is 5.52 Å². The molecule has 2 aromatic carbocycles. The predicted molar refractivity (Wildman–Crippen MR) is 116 cm³/mol. The lowest BCUT2D eigenvalue weighted by Crippen LogP contribution is -2.38. The third-order valence-electron chi connectivity index (χ3n) is 5.96. The number of rotatable bonds is 5.